The minimum absolute atomic E-state index is 0.0457. The van der Waals surface area contributed by atoms with Crippen LogP contribution in [0, 0.1) is 5.92 Å². The molecule has 2 atom stereocenters. The standard InChI is InChI=1S/C37H39NO5/c1-27(39)32(34(40)43-36(2,3)4)25-33(35(41)42-26-28-17-9-5-10-18-28)38-37(29-19-11-6-12-20-29,30-21-13-7-14-22-30)31-23-15-8-16-24-31/h5-24,32-33,38H,25-26H2,1-4H3/t32?,33-/m0/s1. The van der Waals surface area contributed by atoms with Gasteiger partial charge in [-0.3, -0.25) is 19.7 Å². The van der Waals surface area contributed by atoms with Crippen molar-refractivity contribution < 1.29 is 23.9 Å². The van der Waals surface area contributed by atoms with Crippen molar-refractivity contribution in [2.45, 2.75) is 57.9 Å². The summed E-state index contributed by atoms with van der Waals surface area (Å²) in [5, 5.41) is 3.62. The Morgan fingerprint density at radius 1 is 0.651 bits per heavy atom. The first kappa shape index (κ1) is 31.4. The van der Waals surface area contributed by atoms with E-state index in [1.807, 2.05) is 121 Å². The molecule has 0 aliphatic heterocycles. The molecule has 0 spiro atoms. The molecule has 222 valence electrons. The van der Waals surface area contributed by atoms with Crippen molar-refractivity contribution in [3.8, 4) is 0 Å². The fourth-order valence-corrected chi connectivity index (χ4v) is 5.16. The van der Waals surface area contributed by atoms with Gasteiger partial charge in [0.25, 0.3) is 0 Å². The van der Waals surface area contributed by atoms with Gasteiger partial charge in [-0.15, -0.1) is 0 Å². The number of rotatable bonds is 12. The van der Waals surface area contributed by atoms with Gasteiger partial charge in [0.15, 0.2) is 0 Å². The maximum absolute atomic E-state index is 14.0. The van der Waals surface area contributed by atoms with Gasteiger partial charge in [0, 0.05) is 0 Å². The lowest BCUT2D eigenvalue weighted by Gasteiger charge is -2.40. The van der Waals surface area contributed by atoms with Crippen LogP contribution in [-0.4, -0.2) is 29.4 Å². The molecule has 0 amide bonds. The van der Waals surface area contributed by atoms with Gasteiger partial charge in [0.05, 0.1) is 5.54 Å². The van der Waals surface area contributed by atoms with E-state index in [-0.39, 0.29) is 18.8 Å². The summed E-state index contributed by atoms with van der Waals surface area (Å²) in [7, 11) is 0. The second kappa shape index (κ2) is 14.1. The Morgan fingerprint density at radius 2 is 1.07 bits per heavy atom. The summed E-state index contributed by atoms with van der Waals surface area (Å²) in [6.07, 6.45) is -0.147. The van der Waals surface area contributed by atoms with Gasteiger partial charge < -0.3 is 9.47 Å². The molecule has 0 bridgehead atoms. The summed E-state index contributed by atoms with van der Waals surface area (Å²) in [5.74, 6) is -2.82. The van der Waals surface area contributed by atoms with Gasteiger partial charge in [0.2, 0.25) is 0 Å². The van der Waals surface area contributed by atoms with Crippen LogP contribution in [0.3, 0.4) is 0 Å². The van der Waals surface area contributed by atoms with E-state index < -0.39 is 35.0 Å². The molecule has 0 aliphatic rings. The topological polar surface area (TPSA) is 81.7 Å². The Hall–Kier alpha value is -4.55. The minimum atomic E-state index is -1.18. The molecule has 0 fully saturated rings. The molecule has 1 N–H and O–H groups in total. The molecule has 4 rings (SSSR count). The molecule has 1 unspecified atom stereocenters. The van der Waals surface area contributed by atoms with Crippen molar-refractivity contribution in [1.29, 1.82) is 0 Å². The first-order chi connectivity index (χ1) is 20.6. The molecule has 4 aromatic carbocycles. The third-order valence-electron chi connectivity index (χ3n) is 7.17. The van der Waals surface area contributed by atoms with Gasteiger partial charge >= 0.3 is 11.9 Å². The molecule has 6 nitrogen and oxygen atoms in total. The number of esters is 2. The Labute approximate surface area is 254 Å². The molecule has 0 radical (unpaired) electrons. The van der Waals surface area contributed by atoms with Crippen molar-refractivity contribution in [2.75, 3.05) is 0 Å². The normalized spacial score (nSPS) is 13.0. The molecule has 0 aromatic heterocycles. The zero-order chi connectivity index (χ0) is 30.9. The quantitative estimate of drug-likeness (QED) is 0.116. The molecule has 43 heavy (non-hydrogen) atoms. The van der Waals surface area contributed by atoms with Gasteiger partial charge in [-0.05, 0) is 56.4 Å². The highest BCUT2D eigenvalue weighted by Crippen LogP contribution is 2.38. The lowest BCUT2D eigenvalue weighted by molar-refractivity contribution is -0.162. The average Bonchev–Trinajstić information content (AvgIpc) is 3.01. The summed E-state index contributed by atoms with van der Waals surface area (Å²) in [5.41, 5.74) is 1.63. The fraction of sp³-hybridized carbons (Fsp3) is 0.270. The van der Waals surface area contributed by atoms with E-state index in [0.29, 0.717) is 0 Å². The van der Waals surface area contributed by atoms with Gasteiger partial charge in [-0.1, -0.05) is 121 Å². The molecule has 4 aromatic rings. The van der Waals surface area contributed by atoms with E-state index in [0.717, 1.165) is 22.3 Å². The predicted octanol–water partition coefficient (Wildman–Crippen LogP) is 6.62. The van der Waals surface area contributed by atoms with Crippen LogP contribution in [-0.2, 0) is 36.0 Å². The summed E-state index contributed by atoms with van der Waals surface area (Å²) in [6.45, 7) is 6.63. The largest absolute Gasteiger partial charge is 0.460 e. The number of ketones is 1. The number of carbonyl (C=O) groups is 3. The van der Waals surface area contributed by atoms with Crippen LogP contribution < -0.4 is 5.32 Å². The van der Waals surface area contributed by atoms with Crippen LogP contribution in [0.5, 0.6) is 0 Å². The van der Waals surface area contributed by atoms with Gasteiger partial charge in [0.1, 0.15) is 30.0 Å². The lowest BCUT2D eigenvalue weighted by atomic mass is 9.76. The Morgan fingerprint density at radius 3 is 1.47 bits per heavy atom. The average molecular weight is 578 g/mol. The van der Waals surface area contributed by atoms with E-state index in [2.05, 4.69) is 5.32 Å². The monoisotopic (exact) mass is 577 g/mol. The molecule has 0 saturated carbocycles. The second-order valence-corrected chi connectivity index (χ2v) is 11.6. The van der Waals surface area contributed by atoms with Crippen LogP contribution in [0.1, 0.15) is 56.4 Å². The predicted molar refractivity (Wildman–Crippen MR) is 167 cm³/mol. The zero-order valence-corrected chi connectivity index (χ0v) is 25.2. The number of benzene rings is 4. The molecule has 0 aliphatic carbocycles. The first-order valence-electron chi connectivity index (χ1n) is 14.5. The van der Waals surface area contributed by atoms with Crippen molar-refractivity contribution in [2.24, 2.45) is 5.92 Å². The molecule has 6 heteroatoms. The highest BCUT2D eigenvalue weighted by atomic mass is 16.6. The SMILES string of the molecule is CC(=O)C(C[C@H](NC(c1ccccc1)(c1ccccc1)c1ccccc1)C(=O)OCc1ccccc1)C(=O)OC(C)(C)C. The van der Waals surface area contributed by atoms with Gasteiger partial charge in [-0.2, -0.15) is 0 Å². The van der Waals surface area contributed by atoms with Crippen LogP contribution >= 0.6 is 0 Å². The van der Waals surface area contributed by atoms with Crippen LogP contribution in [0.25, 0.3) is 0 Å². The number of ether oxygens (including phenoxy) is 2. The Balaban J connectivity index is 1.84. The molecular weight excluding hydrogens is 538 g/mol. The number of Topliss-reactive ketones (excluding diaryl/α,β-unsaturated/α-hetero) is 1. The summed E-state index contributed by atoms with van der Waals surface area (Å²) in [4.78, 5) is 40.2. The molecule has 0 heterocycles. The maximum Gasteiger partial charge on any atom is 0.323 e. The van der Waals surface area contributed by atoms with Crippen molar-refractivity contribution >= 4 is 17.7 Å². The molecule has 0 saturated heterocycles. The highest BCUT2D eigenvalue weighted by molar-refractivity contribution is 5.98. The Kier molecular flexibility index (Phi) is 10.3. The second-order valence-electron chi connectivity index (χ2n) is 11.6. The van der Waals surface area contributed by atoms with Gasteiger partial charge in [-0.25, -0.2) is 0 Å². The van der Waals surface area contributed by atoms with Crippen LogP contribution in [0.15, 0.2) is 121 Å². The van der Waals surface area contributed by atoms with E-state index in [1.54, 1.807) is 20.8 Å². The van der Waals surface area contributed by atoms with E-state index in [9.17, 15) is 14.4 Å². The number of carbonyl (C=O) groups excluding carboxylic acids is 3. The van der Waals surface area contributed by atoms with Crippen molar-refractivity contribution in [1.82, 2.24) is 5.32 Å². The van der Waals surface area contributed by atoms with Crippen molar-refractivity contribution in [3.63, 3.8) is 0 Å². The Bertz CT molecular complexity index is 1390. The van der Waals surface area contributed by atoms with E-state index in [1.165, 1.54) is 6.92 Å². The smallest absolute Gasteiger partial charge is 0.323 e. The molecular formula is C37H39NO5. The number of nitrogens with one attached hydrogen (secondary N) is 1. The van der Waals surface area contributed by atoms with Crippen molar-refractivity contribution in [3.05, 3.63) is 144 Å². The summed E-state index contributed by atoms with van der Waals surface area (Å²) in [6, 6.07) is 37.8. The summed E-state index contributed by atoms with van der Waals surface area (Å²) >= 11 is 0. The zero-order valence-electron chi connectivity index (χ0n) is 25.2. The number of hydrogen-bond acceptors (Lipinski definition) is 6. The maximum atomic E-state index is 14.0. The number of hydrogen-bond donors (Lipinski definition) is 1. The minimum Gasteiger partial charge on any atom is -0.460 e. The lowest BCUT2D eigenvalue weighted by Crippen LogP contribution is -2.54. The van der Waals surface area contributed by atoms with Crippen LogP contribution in [0.4, 0.5) is 0 Å². The van der Waals surface area contributed by atoms with Crippen LogP contribution in [0.2, 0.25) is 0 Å². The third kappa shape index (κ3) is 8.05. The van der Waals surface area contributed by atoms with E-state index >= 15 is 0 Å². The summed E-state index contributed by atoms with van der Waals surface area (Å²) < 4.78 is 11.5. The third-order valence-corrected chi connectivity index (χ3v) is 7.17. The van der Waals surface area contributed by atoms with E-state index in [4.69, 9.17) is 9.47 Å². The fourth-order valence-electron chi connectivity index (χ4n) is 5.16. The first-order valence-corrected chi connectivity index (χ1v) is 14.5. The highest BCUT2D eigenvalue weighted by Gasteiger charge is 2.43.